The van der Waals surface area contributed by atoms with Crippen LogP contribution in [-0.2, 0) is 38.4 Å². The van der Waals surface area contributed by atoms with Gasteiger partial charge in [0, 0.05) is 29.0 Å². The topological polar surface area (TPSA) is 237 Å². The normalized spacial score (nSPS) is 18.5. The fourth-order valence-electron chi connectivity index (χ4n) is 3.78. The summed E-state index contributed by atoms with van der Waals surface area (Å²) in [5.41, 5.74) is 5.35. The van der Waals surface area contributed by atoms with Gasteiger partial charge < -0.3 is 30.6 Å². The van der Waals surface area contributed by atoms with Crippen LogP contribution in [0, 0.1) is 0 Å². The fourth-order valence-corrected chi connectivity index (χ4v) is 6.34. The first-order valence-electron chi connectivity index (χ1n) is 11.6. The van der Waals surface area contributed by atoms with Crippen molar-refractivity contribution in [2.45, 2.75) is 18.3 Å². The highest BCUT2D eigenvalue weighted by Crippen LogP contribution is 2.40. The number of carboxylic acid groups (broad SMARTS) is 1. The third-order valence-corrected chi connectivity index (χ3v) is 8.28. The van der Waals surface area contributed by atoms with Crippen molar-refractivity contribution in [2.75, 3.05) is 37.6 Å². The number of β-lactam (4-membered cyclic amide) rings is 1. The van der Waals surface area contributed by atoms with Gasteiger partial charge in [-0.15, -0.1) is 34.4 Å². The molecule has 1 fully saturated rings. The van der Waals surface area contributed by atoms with E-state index in [9.17, 15) is 29.1 Å². The number of nitrogen functional groups attached to an aromatic ring is 1. The van der Waals surface area contributed by atoms with Crippen LogP contribution < -0.4 is 16.4 Å². The fraction of sp³-hybridized carbons (Fsp3) is 0.318. The molecule has 0 unspecified atom stereocenters. The average molecular weight is 639 g/mol. The van der Waals surface area contributed by atoms with Crippen molar-refractivity contribution in [3.8, 4) is 0 Å². The van der Waals surface area contributed by atoms with Gasteiger partial charge in [-0.2, -0.15) is 0 Å². The number of nitrogens with zero attached hydrogens (tertiary/aromatic N) is 5. The zero-order valence-corrected chi connectivity index (χ0v) is 24.4. The number of rotatable bonds is 11. The Morgan fingerprint density at radius 1 is 1.10 bits per heavy atom. The van der Waals surface area contributed by atoms with Crippen molar-refractivity contribution < 1.29 is 43.5 Å². The lowest BCUT2D eigenvalue weighted by molar-refractivity contribution is -0.150. The van der Waals surface area contributed by atoms with Gasteiger partial charge in [0.25, 0.3) is 17.7 Å². The molecule has 0 radical (unpaired) electrons. The second-order valence-electron chi connectivity index (χ2n) is 8.21. The van der Waals surface area contributed by atoms with E-state index in [1.54, 1.807) is 0 Å². The van der Waals surface area contributed by atoms with Crippen LogP contribution in [0.1, 0.15) is 18.3 Å². The largest absolute Gasteiger partial charge is 0.477 e. The number of aromatic nitrogens is 2. The molecule has 42 heavy (non-hydrogen) atoms. The van der Waals surface area contributed by atoms with E-state index in [2.05, 4.69) is 30.9 Å². The number of ether oxygens (including phenoxy) is 1. The lowest BCUT2D eigenvalue weighted by Gasteiger charge is -2.49. The van der Waals surface area contributed by atoms with Gasteiger partial charge >= 0.3 is 11.9 Å². The summed E-state index contributed by atoms with van der Waals surface area (Å²) in [7, 11) is 2.46. The van der Waals surface area contributed by atoms with Gasteiger partial charge in [0.1, 0.15) is 49.3 Å². The van der Waals surface area contributed by atoms with Crippen LogP contribution in [0.3, 0.4) is 0 Å². The van der Waals surface area contributed by atoms with Crippen LogP contribution in [0.15, 0.2) is 32.3 Å². The predicted octanol–water partition coefficient (Wildman–Crippen LogP) is -0.177. The van der Waals surface area contributed by atoms with Gasteiger partial charge in [-0.1, -0.05) is 10.3 Å². The Morgan fingerprint density at radius 2 is 1.74 bits per heavy atom. The SMILES string of the molecule is CO/N=C(\C(=O)Nc1nc(/C(=N/OC)C(=O)N[C@@H]2C(=O)N3C(C(=O)O)=C(COC(C)=O)CS[C@H]23)cs1)c1csc(N)n1. The molecule has 2 aliphatic heterocycles. The van der Waals surface area contributed by atoms with Gasteiger partial charge in [-0.3, -0.25) is 29.4 Å². The molecule has 0 aliphatic carbocycles. The van der Waals surface area contributed by atoms with Crippen molar-refractivity contribution in [3.63, 3.8) is 0 Å². The lowest BCUT2D eigenvalue weighted by atomic mass is 10.0. The monoisotopic (exact) mass is 638 g/mol. The van der Waals surface area contributed by atoms with Crippen molar-refractivity contribution in [1.29, 1.82) is 0 Å². The van der Waals surface area contributed by atoms with E-state index < -0.39 is 41.1 Å². The van der Waals surface area contributed by atoms with Crippen molar-refractivity contribution in [1.82, 2.24) is 20.2 Å². The predicted molar refractivity (Wildman–Crippen MR) is 151 cm³/mol. The average Bonchev–Trinajstić information content (AvgIpc) is 3.59. The molecule has 2 atom stereocenters. The Labute approximate surface area is 248 Å². The number of esters is 1. The molecule has 0 spiro atoms. The summed E-state index contributed by atoms with van der Waals surface area (Å²) < 4.78 is 4.91. The maximum atomic E-state index is 13.2. The maximum absolute atomic E-state index is 13.2. The van der Waals surface area contributed by atoms with E-state index in [1.165, 1.54) is 43.7 Å². The summed E-state index contributed by atoms with van der Waals surface area (Å²) in [6.07, 6.45) is 0. The highest BCUT2D eigenvalue weighted by molar-refractivity contribution is 8.00. The van der Waals surface area contributed by atoms with Crippen LogP contribution in [0.2, 0.25) is 0 Å². The number of carbonyl (C=O) groups is 5. The van der Waals surface area contributed by atoms with E-state index in [0.717, 1.165) is 27.6 Å². The second kappa shape index (κ2) is 13.0. The number of oxime groups is 2. The number of thiazole rings is 2. The molecule has 2 aromatic heterocycles. The number of anilines is 2. The van der Waals surface area contributed by atoms with Crippen molar-refractivity contribution in [3.05, 3.63) is 33.4 Å². The molecule has 0 saturated carbocycles. The maximum Gasteiger partial charge on any atom is 0.352 e. The van der Waals surface area contributed by atoms with Gasteiger partial charge in [0.15, 0.2) is 21.7 Å². The Morgan fingerprint density at radius 3 is 2.33 bits per heavy atom. The zero-order chi connectivity index (χ0) is 30.6. The lowest BCUT2D eigenvalue weighted by Crippen LogP contribution is -2.71. The number of hydrogen-bond acceptors (Lipinski definition) is 16. The van der Waals surface area contributed by atoms with Gasteiger partial charge in [-0.25, -0.2) is 14.8 Å². The van der Waals surface area contributed by atoms with E-state index >= 15 is 0 Å². The number of fused-ring (bicyclic) bond motifs is 1. The highest BCUT2D eigenvalue weighted by atomic mass is 32.2. The third-order valence-electron chi connectivity index (χ3n) is 5.51. The van der Waals surface area contributed by atoms with Crippen LogP contribution in [0.25, 0.3) is 0 Å². The van der Waals surface area contributed by atoms with E-state index in [-0.39, 0.29) is 56.7 Å². The Balaban J connectivity index is 1.46. The first-order chi connectivity index (χ1) is 20.0. The zero-order valence-electron chi connectivity index (χ0n) is 22.0. The summed E-state index contributed by atoms with van der Waals surface area (Å²) in [5.74, 6) is -4.01. The minimum atomic E-state index is -1.36. The number of carbonyl (C=O) groups excluding carboxylic acids is 4. The highest BCUT2D eigenvalue weighted by Gasteiger charge is 2.54. The third kappa shape index (κ3) is 6.34. The smallest absolute Gasteiger partial charge is 0.352 e. The summed E-state index contributed by atoms with van der Waals surface area (Å²) in [6, 6.07) is -1.08. The van der Waals surface area contributed by atoms with Gasteiger partial charge in [0.05, 0.1) is 0 Å². The van der Waals surface area contributed by atoms with Crippen molar-refractivity contribution in [2.24, 2.45) is 10.3 Å². The Hall–Kier alpha value is -4.56. The summed E-state index contributed by atoms with van der Waals surface area (Å²) >= 11 is 3.27. The number of amides is 3. The van der Waals surface area contributed by atoms with Gasteiger partial charge in [-0.05, 0) is 0 Å². The van der Waals surface area contributed by atoms with Crippen LogP contribution in [0.4, 0.5) is 10.3 Å². The minimum absolute atomic E-state index is 0.0208. The molecule has 17 nitrogen and oxygen atoms in total. The number of hydrogen-bond donors (Lipinski definition) is 4. The molecule has 0 aromatic carbocycles. The molecule has 4 rings (SSSR count). The van der Waals surface area contributed by atoms with E-state index in [4.69, 9.17) is 20.1 Å². The second-order valence-corrected chi connectivity index (χ2v) is 11.1. The molecular weight excluding hydrogens is 616 g/mol. The molecular formula is C22H22N8O9S3. The summed E-state index contributed by atoms with van der Waals surface area (Å²) in [6.45, 7) is 0.909. The number of carboxylic acids is 1. The van der Waals surface area contributed by atoms with Crippen LogP contribution >= 0.6 is 34.4 Å². The summed E-state index contributed by atoms with van der Waals surface area (Å²) in [4.78, 5) is 80.8. The standard InChI is InChI=1S/C22H22N8O9S3/c1-8(31)39-4-9-5-40-19-14(18(34)30(19)15(9)20(35)36)26-16(32)13(29-38-3)11-7-42-22(25-11)27-17(33)12(28-37-2)10-6-41-21(23)24-10/h6-7,14,19H,4-5H2,1-3H3,(H2,23,24)(H,26,32)(H,35,36)(H,25,27,33)/b28-12-,29-13-/t14-,19-/m1/s1. The van der Waals surface area contributed by atoms with Gasteiger partial charge in [0.2, 0.25) is 0 Å². The molecule has 5 N–H and O–H groups in total. The number of aliphatic carboxylic acids is 1. The first-order valence-corrected chi connectivity index (χ1v) is 14.4. The minimum Gasteiger partial charge on any atom is -0.477 e. The number of nitrogens with two attached hydrogens (primary N) is 1. The molecule has 3 amide bonds. The van der Waals surface area contributed by atoms with Crippen molar-refractivity contribution >= 4 is 85.8 Å². The molecule has 20 heteroatoms. The molecule has 2 aromatic rings. The Kier molecular flexibility index (Phi) is 9.38. The quantitative estimate of drug-likeness (QED) is 0.108. The number of thioether (sulfide) groups is 1. The molecule has 1 saturated heterocycles. The van der Waals surface area contributed by atoms with Crippen LogP contribution in [0.5, 0.6) is 0 Å². The Bertz CT molecular complexity index is 1530. The molecule has 2 aliphatic rings. The van der Waals surface area contributed by atoms with E-state index in [0.29, 0.717) is 0 Å². The summed E-state index contributed by atoms with van der Waals surface area (Å²) in [5, 5.41) is 24.7. The molecule has 0 bridgehead atoms. The van der Waals surface area contributed by atoms with Crippen LogP contribution in [-0.4, -0.2) is 99.1 Å². The molecule has 222 valence electrons. The molecule has 4 heterocycles. The first kappa shape index (κ1) is 30.4. The van der Waals surface area contributed by atoms with E-state index in [1.807, 2.05) is 0 Å². The number of nitrogens with one attached hydrogen (secondary N) is 2.